The van der Waals surface area contributed by atoms with E-state index in [2.05, 4.69) is 16.4 Å². The molecular formula is C29H29N5O5S. The number of benzene rings is 2. The number of nitro benzene ring substituents is 1. The Hall–Kier alpha value is -4.64. The van der Waals surface area contributed by atoms with E-state index in [1.807, 2.05) is 59.7 Å². The molecule has 2 aromatic heterocycles. The summed E-state index contributed by atoms with van der Waals surface area (Å²) in [7, 11) is 4.73. The molecule has 3 heterocycles. The van der Waals surface area contributed by atoms with E-state index in [4.69, 9.17) is 26.4 Å². The van der Waals surface area contributed by atoms with Crippen LogP contribution >= 0.6 is 12.2 Å². The molecule has 206 valence electrons. The van der Waals surface area contributed by atoms with Crippen LogP contribution in [0.25, 0.3) is 5.69 Å². The maximum atomic E-state index is 11.4. The van der Waals surface area contributed by atoms with Gasteiger partial charge in [0.25, 0.3) is 5.69 Å². The zero-order chi connectivity index (χ0) is 28.6. The average Bonchev–Trinajstić information content (AvgIpc) is 3.46. The summed E-state index contributed by atoms with van der Waals surface area (Å²) in [6.45, 7) is 4.01. The van der Waals surface area contributed by atoms with Crippen molar-refractivity contribution < 1.29 is 19.1 Å². The number of anilines is 1. The lowest BCUT2D eigenvalue weighted by Gasteiger charge is -2.29. The topological polar surface area (TPSA) is 104 Å². The van der Waals surface area contributed by atoms with Crippen molar-refractivity contribution in [1.82, 2.24) is 14.9 Å². The van der Waals surface area contributed by atoms with Crippen molar-refractivity contribution in [1.29, 1.82) is 0 Å². The second kappa shape index (κ2) is 10.9. The summed E-state index contributed by atoms with van der Waals surface area (Å²) in [4.78, 5) is 17.7. The van der Waals surface area contributed by atoms with E-state index in [0.717, 1.165) is 28.3 Å². The molecule has 0 saturated carbocycles. The molecule has 0 unspecified atom stereocenters. The van der Waals surface area contributed by atoms with Crippen LogP contribution in [-0.2, 0) is 0 Å². The van der Waals surface area contributed by atoms with Gasteiger partial charge in [-0.1, -0.05) is 6.07 Å². The highest BCUT2D eigenvalue weighted by atomic mass is 32.1. The number of hydrogen-bond acceptors (Lipinski definition) is 7. The molecule has 0 radical (unpaired) electrons. The van der Waals surface area contributed by atoms with Crippen molar-refractivity contribution >= 4 is 28.7 Å². The number of nitro groups is 1. The normalized spacial score (nSPS) is 16.5. The summed E-state index contributed by atoms with van der Waals surface area (Å²) < 4.78 is 18.8. The first-order valence-electron chi connectivity index (χ1n) is 12.5. The first kappa shape index (κ1) is 26.9. The van der Waals surface area contributed by atoms with Crippen molar-refractivity contribution in [2.24, 2.45) is 0 Å². The zero-order valence-corrected chi connectivity index (χ0v) is 23.6. The summed E-state index contributed by atoms with van der Waals surface area (Å²) in [5.41, 5.74) is 5.13. The van der Waals surface area contributed by atoms with Crippen LogP contribution in [0.2, 0.25) is 0 Å². The van der Waals surface area contributed by atoms with E-state index in [1.54, 1.807) is 26.5 Å². The number of ether oxygens (including phenoxy) is 3. The largest absolute Gasteiger partial charge is 0.497 e. The minimum Gasteiger partial charge on any atom is -0.497 e. The number of aryl methyl sites for hydroxylation is 1. The minimum atomic E-state index is -0.435. The van der Waals surface area contributed by atoms with Gasteiger partial charge in [-0.15, -0.1) is 0 Å². The Morgan fingerprint density at radius 2 is 1.68 bits per heavy atom. The monoisotopic (exact) mass is 559 g/mol. The molecule has 1 aliphatic rings. The maximum Gasteiger partial charge on any atom is 0.273 e. The molecule has 2 atom stereocenters. The van der Waals surface area contributed by atoms with Crippen LogP contribution < -0.4 is 24.4 Å². The van der Waals surface area contributed by atoms with E-state index >= 15 is 0 Å². The third kappa shape index (κ3) is 4.58. The van der Waals surface area contributed by atoms with Gasteiger partial charge in [0.15, 0.2) is 5.11 Å². The predicted octanol–water partition coefficient (Wildman–Crippen LogP) is 5.60. The van der Waals surface area contributed by atoms with E-state index in [-0.39, 0.29) is 17.8 Å². The van der Waals surface area contributed by atoms with Crippen molar-refractivity contribution in [3.8, 4) is 22.9 Å². The molecule has 11 heteroatoms. The van der Waals surface area contributed by atoms with Crippen LogP contribution in [0, 0.1) is 24.0 Å². The molecule has 0 aliphatic carbocycles. The standard InChI is InChI=1S/C29H29N5O5S/c1-17-14-21(18(2)32(17)23-11-9-19(34(35)36)15-25(23)38-4)28-27(22-8-6-7-13-30-22)31-29(40)33(28)24-12-10-20(37-3)16-26(24)39-5/h6-16,27-28H,1-5H3,(H,31,40)/t27-,28-/m0/s1. The number of methoxy groups -OCH3 is 3. The lowest BCUT2D eigenvalue weighted by atomic mass is 9.96. The fraction of sp³-hybridized carbons (Fsp3) is 0.241. The molecule has 0 bridgehead atoms. The number of nitrogens with one attached hydrogen (secondary N) is 1. The third-order valence-electron chi connectivity index (χ3n) is 7.15. The van der Waals surface area contributed by atoms with Crippen molar-refractivity contribution in [3.05, 3.63) is 99.6 Å². The van der Waals surface area contributed by atoms with Crippen LogP contribution in [0.1, 0.15) is 34.7 Å². The second-order valence-corrected chi connectivity index (χ2v) is 9.70. The number of rotatable bonds is 8. The van der Waals surface area contributed by atoms with Gasteiger partial charge < -0.3 is 29.0 Å². The molecule has 10 nitrogen and oxygen atoms in total. The van der Waals surface area contributed by atoms with Crippen LogP contribution in [0.15, 0.2) is 66.9 Å². The quantitative estimate of drug-likeness (QED) is 0.168. The number of aromatic nitrogens is 2. The fourth-order valence-electron chi connectivity index (χ4n) is 5.34. The predicted molar refractivity (Wildman–Crippen MR) is 156 cm³/mol. The van der Waals surface area contributed by atoms with Crippen LogP contribution in [0.3, 0.4) is 0 Å². The summed E-state index contributed by atoms with van der Waals surface area (Å²) in [6.07, 6.45) is 1.76. The Bertz CT molecular complexity index is 1590. The molecule has 0 amide bonds. The van der Waals surface area contributed by atoms with Gasteiger partial charge in [0.2, 0.25) is 0 Å². The Kier molecular flexibility index (Phi) is 7.31. The average molecular weight is 560 g/mol. The highest BCUT2D eigenvalue weighted by molar-refractivity contribution is 7.80. The molecule has 1 N–H and O–H groups in total. The Morgan fingerprint density at radius 3 is 2.33 bits per heavy atom. The third-order valence-corrected chi connectivity index (χ3v) is 7.46. The van der Waals surface area contributed by atoms with Crippen molar-refractivity contribution in [2.75, 3.05) is 26.2 Å². The first-order valence-corrected chi connectivity index (χ1v) is 12.9. The lowest BCUT2D eigenvalue weighted by Crippen LogP contribution is -2.30. The SMILES string of the molecule is COc1ccc(N2C(=S)N[C@@H](c3ccccn3)[C@@H]2c2cc(C)n(-c3ccc([N+](=O)[O-])cc3OC)c2C)c(OC)c1. The fourth-order valence-corrected chi connectivity index (χ4v) is 5.68. The van der Waals surface area contributed by atoms with Gasteiger partial charge in [0.05, 0.1) is 61.5 Å². The Morgan fingerprint density at radius 1 is 0.950 bits per heavy atom. The van der Waals surface area contributed by atoms with E-state index in [1.165, 1.54) is 19.2 Å². The molecule has 1 fully saturated rings. The minimum absolute atomic E-state index is 0.0402. The van der Waals surface area contributed by atoms with Gasteiger partial charge in [-0.25, -0.2) is 0 Å². The van der Waals surface area contributed by atoms with Gasteiger partial charge in [-0.3, -0.25) is 15.1 Å². The Labute approximate surface area is 237 Å². The highest BCUT2D eigenvalue weighted by Gasteiger charge is 2.43. The van der Waals surface area contributed by atoms with Gasteiger partial charge in [0.1, 0.15) is 17.2 Å². The molecule has 40 heavy (non-hydrogen) atoms. The Balaban J connectivity index is 1.70. The zero-order valence-electron chi connectivity index (χ0n) is 22.7. The molecule has 1 saturated heterocycles. The van der Waals surface area contributed by atoms with Gasteiger partial charge in [-0.05, 0) is 68.0 Å². The summed E-state index contributed by atoms with van der Waals surface area (Å²) >= 11 is 5.91. The summed E-state index contributed by atoms with van der Waals surface area (Å²) in [5, 5.41) is 15.4. The van der Waals surface area contributed by atoms with Crippen LogP contribution in [0.4, 0.5) is 11.4 Å². The van der Waals surface area contributed by atoms with Crippen molar-refractivity contribution in [3.63, 3.8) is 0 Å². The van der Waals surface area contributed by atoms with Crippen LogP contribution in [-0.4, -0.2) is 40.9 Å². The molecule has 1 aliphatic heterocycles. The van der Waals surface area contributed by atoms with Gasteiger partial charge >= 0.3 is 0 Å². The van der Waals surface area contributed by atoms with E-state index < -0.39 is 4.92 Å². The molecule has 5 rings (SSSR count). The molecule has 4 aromatic rings. The smallest absolute Gasteiger partial charge is 0.273 e. The second-order valence-electron chi connectivity index (χ2n) is 9.31. The van der Waals surface area contributed by atoms with Crippen molar-refractivity contribution in [2.45, 2.75) is 25.9 Å². The summed E-state index contributed by atoms with van der Waals surface area (Å²) in [6, 6.07) is 17.6. The number of nitrogens with zero attached hydrogens (tertiary/aromatic N) is 4. The first-order chi connectivity index (χ1) is 19.3. The summed E-state index contributed by atoms with van der Waals surface area (Å²) in [5.74, 6) is 1.68. The lowest BCUT2D eigenvalue weighted by molar-refractivity contribution is -0.384. The number of non-ortho nitro benzene ring substituents is 1. The van der Waals surface area contributed by atoms with Gasteiger partial charge in [0, 0.05) is 29.7 Å². The van der Waals surface area contributed by atoms with Crippen LogP contribution in [0.5, 0.6) is 17.2 Å². The number of thiocarbonyl (C=S) groups is 1. The maximum absolute atomic E-state index is 11.4. The molecule has 0 spiro atoms. The van der Waals surface area contributed by atoms with Gasteiger partial charge in [-0.2, -0.15) is 0 Å². The molecule has 2 aromatic carbocycles. The van der Waals surface area contributed by atoms with E-state index in [0.29, 0.717) is 28.0 Å². The van der Waals surface area contributed by atoms with E-state index in [9.17, 15) is 10.1 Å². The number of hydrogen-bond donors (Lipinski definition) is 1. The highest BCUT2D eigenvalue weighted by Crippen LogP contribution is 2.47. The number of pyridine rings is 1. The molecular weight excluding hydrogens is 530 g/mol.